The number of nitrogens with one attached hydrogen (secondary N) is 1. The Kier molecular flexibility index (Phi) is 7.07. The molecule has 1 saturated carbocycles. The lowest BCUT2D eigenvalue weighted by Gasteiger charge is -2.37. The van der Waals surface area contributed by atoms with E-state index < -0.39 is 28.8 Å². The third-order valence-electron chi connectivity index (χ3n) is 5.76. The summed E-state index contributed by atoms with van der Waals surface area (Å²) < 4.78 is 40.7. The molecule has 0 aliphatic heterocycles. The molecule has 3 rings (SSSR count). The molecule has 0 saturated heterocycles. The maximum atomic E-state index is 13.3. The summed E-state index contributed by atoms with van der Waals surface area (Å²) in [7, 11) is 0. The summed E-state index contributed by atoms with van der Waals surface area (Å²) in [6.07, 6.45) is -0.548. The van der Waals surface area contributed by atoms with E-state index in [0.29, 0.717) is 12.8 Å². The van der Waals surface area contributed by atoms with Crippen molar-refractivity contribution in [2.75, 3.05) is 5.32 Å². The van der Waals surface area contributed by atoms with Gasteiger partial charge in [-0.05, 0) is 54.7 Å². The largest absolute Gasteiger partial charge is 0.417 e. The van der Waals surface area contributed by atoms with Gasteiger partial charge in [-0.1, -0.05) is 47.3 Å². The van der Waals surface area contributed by atoms with E-state index in [0.717, 1.165) is 41.4 Å². The zero-order chi connectivity index (χ0) is 22.6. The minimum Gasteiger partial charge on any atom is -0.379 e. The van der Waals surface area contributed by atoms with Crippen molar-refractivity contribution in [3.8, 4) is 6.07 Å². The number of carbonyl (C=O) groups excluding carboxylic acids is 1. The highest BCUT2D eigenvalue weighted by Crippen LogP contribution is 2.37. The Morgan fingerprint density at radius 2 is 1.77 bits per heavy atom. The average molecular weight is 495 g/mol. The molecule has 164 valence electrons. The first-order valence-corrected chi connectivity index (χ1v) is 10.8. The number of hydrogen-bond acceptors (Lipinski definition) is 3. The molecule has 0 spiro atoms. The van der Waals surface area contributed by atoms with Crippen molar-refractivity contribution in [1.82, 2.24) is 0 Å². The SMILES string of the molecule is N#Cc1ccc(NC(=O)C(O)(Cc2ccc(Br)cc2)C2CCCCC2)cc1C(F)(F)F. The number of benzene rings is 2. The van der Waals surface area contributed by atoms with Gasteiger partial charge in [0, 0.05) is 16.6 Å². The van der Waals surface area contributed by atoms with Crippen molar-refractivity contribution in [2.45, 2.75) is 50.3 Å². The topological polar surface area (TPSA) is 73.1 Å². The van der Waals surface area contributed by atoms with Gasteiger partial charge in [0.1, 0.15) is 5.60 Å². The smallest absolute Gasteiger partial charge is 0.379 e. The molecule has 4 nitrogen and oxygen atoms in total. The minimum absolute atomic E-state index is 0.0547. The maximum absolute atomic E-state index is 13.3. The maximum Gasteiger partial charge on any atom is 0.417 e. The van der Waals surface area contributed by atoms with Crippen LogP contribution >= 0.6 is 15.9 Å². The fourth-order valence-corrected chi connectivity index (χ4v) is 4.36. The number of alkyl halides is 3. The normalized spacial score (nSPS) is 16.9. The Bertz CT molecular complexity index is 980. The molecule has 8 heteroatoms. The van der Waals surface area contributed by atoms with Crippen LogP contribution in [0.3, 0.4) is 0 Å². The molecule has 2 N–H and O–H groups in total. The number of aliphatic hydroxyl groups is 1. The lowest BCUT2D eigenvalue weighted by molar-refractivity contribution is -0.142. The van der Waals surface area contributed by atoms with Crippen molar-refractivity contribution in [2.24, 2.45) is 5.92 Å². The molecule has 1 atom stereocenters. The predicted octanol–water partition coefficient (Wildman–Crippen LogP) is 5.83. The van der Waals surface area contributed by atoms with E-state index in [4.69, 9.17) is 5.26 Å². The van der Waals surface area contributed by atoms with Crippen LogP contribution in [0.2, 0.25) is 0 Å². The second-order valence-electron chi connectivity index (χ2n) is 7.89. The number of nitrogens with zero attached hydrogens (tertiary/aromatic N) is 1. The second kappa shape index (κ2) is 9.41. The van der Waals surface area contributed by atoms with Crippen molar-refractivity contribution < 1.29 is 23.1 Å². The molecule has 2 aromatic carbocycles. The first-order valence-electron chi connectivity index (χ1n) is 10.0. The Labute approximate surface area is 187 Å². The van der Waals surface area contributed by atoms with Crippen LogP contribution in [0, 0.1) is 17.2 Å². The molecule has 1 aliphatic carbocycles. The zero-order valence-electron chi connectivity index (χ0n) is 16.7. The molecule has 31 heavy (non-hydrogen) atoms. The highest BCUT2D eigenvalue weighted by Gasteiger charge is 2.44. The van der Waals surface area contributed by atoms with E-state index in [9.17, 15) is 23.1 Å². The van der Waals surface area contributed by atoms with Crippen molar-refractivity contribution in [1.29, 1.82) is 5.26 Å². The average Bonchev–Trinajstić information content (AvgIpc) is 2.75. The standard InChI is InChI=1S/C23H22BrF3N2O2/c24-18-9-6-15(7-10-18)13-22(31,17-4-2-1-3-5-17)21(30)29-19-11-8-16(14-28)20(12-19)23(25,26)27/h6-12,17,31H,1-5,13H2,(H,29,30). The summed E-state index contributed by atoms with van der Waals surface area (Å²) in [6.45, 7) is 0. The van der Waals surface area contributed by atoms with Gasteiger partial charge in [-0.25, -0.2) is 0 Å². The molecule has 0 radical (unpaired) electrons. The fourth-order valence-electron chi connectivity index (χ4n) is 4.10. The Morgan fingerprint density at radius 3 is 2.35 bits per heavy atom. The van der Waals surface area contributed by atoms with Crippen LogP contribution in [0.4, 0.5) is 18.9 Å². The van der Waals surface area contributed by atoms with Crippen LogP contribution in [0.15, 0.2) is 46.9 Å². The number of halogens is 4. The van der Waals surface area contributed by atoms with E-state index in [1.54, 1.807) is 12.1 Å². The van der Waals surface area contributed by atoms with E-state index in [1.165, 1.54) is 12.1 Å². The lowest BCUT2D eigenvalue weighted by Crippen LogP contribution is -2.51. The van der Waals surface area contributed by atoms with Crippen molar-refractivity contribution in [3.05, 3.63) is 63.6 Å². The molecule has 1 aliphatic rings. The van der Waals surface area contributed by atoms with Gasteiger partial charge in [-0.3, -0.25) is 4.79 Å². The van der Waals surface area contributed by atoms with E-state index in [2.05, 4.69) is 21.2 Å². The fraction of sp³-hybridized carbons (Fsp3) is 0.391. The number of anilines is 1. The molecule has 1 unspecified atom stereocenters. The second-order valence-corrected chi connectivity index (χ2v) is 8.80. The first kappa shape index (κ1) is 23.3. The molecular formula is C23H22BrF3N2O2. The number of hydrogen-bond donors (Lipinski definition) is 2. The van der Waals surface area contributed by atoms with E-state index in [-0.39, 0.29) is 18.0 Å². The molecule has 1 fully saturated rings. The van der Waals surface area contributed by atoms with Crippen LogP contribution in [-0.2, 0) is 17.4 Å². The van der Waals surface area contributed by atoms with Gasteiger partial charge in [0.15, 0.2) is 0 Å². The Balaban J connectivity index is 1.91. The highest BCUT2D eigenvalue weighted by atomic mass is 79.9. The van der Waals surface area contributed by atoms with Gasteiger partial charge in [0.05, 0.1) is 17.2 Å². The number of amides is 1. The van der Waals surface area contributed by atoms with E-state index in [1.807, 2.05) is 12.1 Å². The third kappa shape index (κ3) is 5.46. The van der Waals surface area contributed by atoms with Gasteiger partial charge < -0.3 is 10.4 Å². The number of rotatable bonds is 5. The van der Waals surface area contributed by atoms with Gasteiger partial charge in [0.2, 0.25) is 0 Å². The summed E-state index contributed by atoms with van der Waals surface area (Å²) in [5, 5.41) is 22.9. The van der Waals surface area contributed by atoms with Crippen LogP contribution in [-0.4, -0.2) is 16.6 Å². The third-order valence-corrected chi connectivity index (χ3v) is 6.29. The van der Waals surface area contributed by atoms with Crippen LogP contribution in [0.1, 0.15) is 48.8 Å². The predicted molar refractivity (Wildman–Crippen MR) is 114 cm³/mol. The quantitative estimate of drug-likeness (QED) is 0.548. The molecule has 0 heterocycles. The van der Waals surface area contributed by atoms with Gasteiger partial charge in [-0.15, -0.1) is 0 Å². The zero-order valence-corrected chi connectivity index (χ0v) is 18.3. The number of carbonyl (C=O) groups is 1. The van der Waals surface area contributed by atoms with Crippen molar-refractivity contribution >= 4 is 27.5 Å². The van der Waals surface area contributed by atoms with Crippen molar-refractivity contribution in [3.63, 3.8) is 0 Å². The van der Waals surface area contributed by atoms with Gasteiger partial charge >= 0.3 is 6.18 Å². The Hall–Kier alpha value is -2.37. The summed E-state index contributed by atoms with van der Waals surface area (Å²) in [5.74, 6) is -1.04. The monoisotopic (exact) mass is 494 g/mol. The molecule has 2 aromatic rings. The summed E-state index contributed by atoms with van der Waals surface area (Å²) >= 11 is 3.35. The van der Waals surface area contributed by atoms with Crippen LogP contribution in [0.25, 0.3) is 0 Å². The summed E-state index contributed by atoms with van der Waals surface area (Å²) in [4.78, 5) is 13.2. The molecular weight excluding hydrogens is 473 g/mol. The molecule has 0 aromatic heterocycles. The minimum atomic E-state index is -4.73. The van der Waals surface area contributed by atoms with Crippen LogP contribution < -0.4 is 5.32 Å². The summed E-state index contributed by atoms with van der Waals surface area (Å²) in [5.41, 5.74) is -2.77. The molecule has 0 bridgehead atoms. The lowest BCUT2D eigenvalue weighted by atomic mass is 9.73. The number of nitriles is 1. The van der Waals surface area contributed by atoms with E-state index >= 15 is 0 Å². The van der Waals surface area contributed by atoms with Crippen LogP contribution in [0.5, 0.6) is 0 Å². The highest BCUT2D eigenvalue weighted by molar-refractivity contribution is 9.10. The summed E-state index contributed by atoms with van der Waals surface area (Å²) in [6, 6.07) is 11.7. The van der Waals surface area contributed by atoms with Gasteiger partial charge in [0.25, 0.3) is 5.91 Å². The van der Waals surface area contributed by atoms with Gasteiger partial charge in [-0.2, -0.15) is 18.4 Å². The molecule has 1 amide bonds. The Morgan fingerprint density at radius 1 is 1.13 bits per heavy atom. The first-order chi connectivity index (χ1) is 14.6.